The summed E-state index contributed by atoms with van der Waals surface area (Å²) in [5, 5.41) is 12.3. The zero-order chi connectivity index (χ0) is 14.3. The van der Waals surface area contributed by atoms with Gasteiger partial charge in [0.25, 0.3) is 0 Å². The third-order valence-electron chi connectivity index (χ3n) is 3.23. The number of halogens is 1. The summed E-state index contributed by atoms with van der Waals surface area (Å²) >= 11 is 0. The molecular weight excluding hydrogens is 278 g/mol. The molecule has 116 valence electrons. The van der Waals surface area contributed by atoms with Crippen LogP contribution in [0.3, 0.4) is 0 Å². The van der Waals surface area contributed by atoms with E-state index in [1.54, 1.807) is 7.11 Å². The number of aliphatic hydroxyl groups excluding tert-OH is 1. The van der Waals surface area contributed by atoms with Crippen LogP contribution in [0.5, 0.6) is 11.5 Å². The number of benzene rings is 1. The van der Waals surface area contributed by atoms with Gasteiger partial charge < -0.3 is 19.9 Å². The molecule has 0 aliphatic rings. The fourth-order valence-corrected chi connectivity index (χ4v) is 1.56. The third kappa shape index (κ3) is 5.99. The first-order valence-corrected chi connectivity index (χ1v) is 6.68. The maximum atomic E-state index is 8.77. The standard InChI is InChI=1S/C15H25NO3.ClH/c1-5-15(2,3)16-11-12-6-7-13(19-9-8-17)14(10-12)18-4;/h6-7,10,16-17H,5,8-9,11H2,1-4H3;1H. The SMILES string of the molecule is CCC(C)(C)NCc1ccc(OCCO)c(OC)c1.Cl. The zero-order valence-corrected chi connectivity index (χ0v) is 13.5. The molecule has 0 aliphatic heterocycles. The van der Waals surface area contributed by atoms with Gasteiger partial charge in [-0.15, -0.1) is 12.4 Å². The Hall–Kier alpha value is -0.970. The van der Waals surface area contributed by atoms with E-state index in [2.05, 4.69) is 26.1 Å². The Bertz CT molecular complexity index is 397. The fraction of sp³-hybridized carbons (Fsp3) is 0.600. The number of rotatable bonds is 8. The first kappa shape index (κ1) is 19.0. The monoisotopic (exact) mass is 303 g/mol. The summed E-state index contributed by atoms with van der Waals surface area (Å²) in [6.07, 6.45) is 1.07. The lowest BCUT2D eigenvalue weighted by Gasteiger charge is -2.24. The van der Waals surface area contributed by atoms with Crippen LogP contribution in [0.25, 0.3) is 0 Å². The number of hydrogen-bond acceptors (Lipinski definition) is 4. The van der Waals surface area contributed by atoms with Crippen molar-refractivity contribution in [2.45, 2.75) is 39.3 Å². The van der Waals surface area contributed by atoms with Gasteiger partial charge in [0.15, 0.2) is 11.5 Å². The van der Waals surface area contributed by atoms with Gasteiger partial charge >= 0.3 is 0 Å². The van der Waals surface area contributed by atoms with Crippen LogP contribution in [0.4, 0.5) is 0 Å². The summed E-state index contributed by atoms with van der Waals surface area (Å²) in [5.41, 5.74) is 1.27. The average molecular weight is 304 g/mol. The molecule has 1 aromatic carbocycles. The molecule has 0 bridgehead atoms. The largest absolute Gasteiger partial charge is 0.493 e. The van der Waals surface area contributed by atoms with Crippen LogP contribution in [-0.4, -0.2) is 31.0 Å². The summed E-state index contributed by atoms with van der Waals surface area (Å²) < 4.78 is 10.7. The Morgan fingerprint density at radius 2 is 1.95 bits per heavy atom. The second kappa shape index (κ2) is 9.06. The molecule has 0 atom stereocenters. The van der Waals surface area contributed by atoms with E-state index in [1.807, 2.05) is 18.2 Å². The van der Waals surface area contributed by atoms with E-state index in [4.69, 9.17) is 14.6 Å². The number of methoxy groups -OCH3 is 1. The van der Waals surface area contributed by atoms with Crippen molar-refractivity contribution < 1.29 is 14.6 Å². The molecule has 0 saturated heterocycles. The van der Waals surface area contributed by atoms with E-state index in [9.17, 15) is 0 Å². The van der Waals surface area contributed by atoms with E-state index in [0.717, 1.165) is 18.5 Å². The minimum Gasteiger partial charge on any atom is -0.493 e. The molecule has 20 heavy (non-hydrogen) atoms. The molecule has 5 heteroatoms. The maximum absolute atomic E-state index is 8.77. The highest BCUT2D eigenvalue weighted by atomic mass is 35.5. The minimum absolute atomic E-state index is 0. The first-order valence-electron chi connectivity index (χ1n) is 6.68. The highest BCUT2D eigenvalue weighted by Gasteiger charge is 2.14. The number of hydrogen-bond donors (Lipinski definition) is 2. The van der Waals surface area contributed by atoms with Crippen LogP contribution in [-0.2, 0) is 6.54 Å². The van der Waals surface area contributed by atoms with Gasteiger partial charge in [-0.1, -0.05) is 13.0 Å². The summed E-state index contributed by atoms with van der Waals surface area (Å²) in [4.78, 5) is 0. The summed E-state index contributed by atoms with van der Waals surface area (Å²) in [6.45, 7) is 7.59. The Morgan fingerprint density at radius 3 is 2.50 bits per heavy atom. The van der Waals surface area contributed by atoms with Crippen molar-refractivity contribution in [3.8, 4) is 11.5 Å². The molecule has 0 spiro atoms. The molecule has 0 fully saturated rings. The minimum atomic E-state index is -0.00283. The van der Waals surface area contributed by atoms with Crippen molar-refractivity contribution in [1.82, 2.24) is 5.32 Å². The van der Waals surface area contributed by atoms with E-state index in [1.165, 1.54) is 0 Å². The Kier molecular flexibility index (Phi) is 8.62. The lowest BCUT2D eigenvalue weighted by Crippen LogP contribution is -2.37. The molecule has 0 radical (unpaired) electrons. The molecule has 0 heterocycles. The number of nitrogens with one attached hydrogen (secondary N) is 1. The van der Waals surface area contributed by atoms with E-state index < -0.39 is 0 Å². The smallest absolute Gasteiger partial charge is 0.161 e. The highest BCUT2D eigenvalue weighted by molar-refractivity contribution is 5.85. The first-order chi connectivity index (χ1) is 9.02. The van der Waals surface area contributed by atoms with Gasteiger partial charge in [0.05, 0.1) is 13.7 Å². The van der Waals surface area contributed by atoms with Gasteiger partial charge in [-0.2, -0.15) is 0 Å². The van der Waals surface area contributed by atoms with Crippen LogP contribution >= 0.6 is 12.4 Å². The van der Waals surface area contributed by atoms with Crippen molar-refractivity contribution in [2.75, 3.05) is 20.3 Å². The second-order valence-electron chi connectivity index (χ2n) is 5.15. The maximum Gasteiger partial charge on any atom is 0.161 e. The molecule has 1 rings (SSSR count). The lowest BCUT2D eigenvalue weighted by molar-refractivity contribution is 0.196. The molecule has 0 aliphatic carbocycles. The predicted octanol–water partition coefficient (Wildman–Crippen LogP) is 2.77. The van der Waals surface area contributed by atoms with Crippen LogP contribution in [0, 0.1) is 0 Å². The fourth-order valence-electron chi connectivity index (χ4n) is 1.56. The summed E-state index contributed by atoms with van der Waals surface area (Å²) in [6, 6.07) is 5.85. The molecule has 0 aromatic heterocycles. The average Bonchev–Trinajstić information content (AvgIpc) is 2.43. The van der Waals surface area contributed by atoms with Crippen molar-refractivity contribution in [3.05, 3.63) is 23.8 Å². The normalized spacial score (nSPS) is 10.8. The second-order valence-corrected chi connectivity index (χ2v) is 5.15. The Labute approximate surface area is 127 Å². The lowest BCUT2D eigenvalue weighted by atomic mass is 10.0. The molecule has 2 N–H and O–H groups in total. The quantitative estimate of drug-likeness (QED) is 0.775. The van der Waals surface area contributed by atoms with Gasteiger partial charge in [0.2, 0.25) is 0 Å². The molecule has 0 amide bonds. The summed E-state index contributed by atoms with van der Waals surface area (Å²) in [5.74, 6) is 1.36. The molecular formula is C15H26ClNO3. The molecule has 1 aromatic rings. The van der Waals surface area contributed by atoms with Gasteiger partial charge in [0.1, 0.15) is 6.61 Å². The van der Waals surface area contributed by atoms with Crippen LogP contribution in [0.15, 0.2) is 18.2 Å². The van der Waals surface area contributed by atoms with E-state index in [0.29, 0.717) is 11.5 Å². The number of aliphatic hydroxyl groups is 1. The van der Waals surface area contributed by atoms with Gasteiger partial charge in [-0.3, -0.25) is 0 Å². The van der Waals surface area contributed by atoms with Crippen molar-refractivity contribution >= 4 is 12.4 Å². The van der Waals surface area contributed by atoms with Gasteiger partial charge in [0, 0.05) is 12.1 Å². The molecule has 0 saturated carbocycles. The van der Waals surface area contributed by atoms with Gasteiger partial charge in [-0.25, -0.2) is 0 Å². The Balaban J connectivity index is 0.00000361. The topological polar surface area (TPSA) is 50.7 Å². The van der Waals surface area contributed by atoms with Crippen molar-refractivity contribution in [1.29, 1.82) is 0 Å². The van der Waals surface area contributed by atoms with E-state index >= 15 is 0 Å². The van der Waals surface area contributed by atoms with Crippen molar-refractivity contribution in [3.63, 3.8) is 0 Å². The summed E-state index contributed by atoms with van der Waals surface area (Å²) in [7, 11) is 1.62. The molecule has 0 unspecified atom stereocenters. The van der Waals surface area contributed by atoms with Crippen molar-refractivity contribution in [2.24, 2.45) is 0 Å². The van der Waals surface area contributed by atoms with Crippen LogP contribution in [0.1, 0.15) is 32.8 Å². The van der Waals surface area contributed by atoms with Gasteiger partial charge in [-0.05, 0) is 38.0 Å². The highest BCUT2D eigenvalue weighted by Crippen LogP contribution is 2.28. The predicted molar refractivity (Wildman–Crippen MR) is 84.0 cm³/mol. The third-order valence-corrected chi connectivity index (χ3v) is 3.23. The number of ether oxygens (including phenoxy) is 2. The zero-order valence-electron chi connectivity index (χ0n) is 12.7. The molecule has 4 nitrogen and oxygen atoms in total. The Morgan fingerprint density at radius 1 is 1.25 bits per heavy atom. The van der Waals surface area contributed by atoms with E-state index in [-0.39, 0.29) is 31.2 Å². The van der Waals surface area contributed by atoms with Crippen LogP contribution in [0.2, 0.25) is 0 Å². The van der Waals surface area contributed by atoms with Crippen LogP contribution < -0.4 is 14.8 Å².